The Morgan fingerprint density at radius 3 is 2.12 bits per heavy atom. The van der Waals surface area contributed by atoms with Crippen LogP contribution in [0.1, 0.15) is 34.9 Å². The summed E-state index contributed by atoms with van der Waals surface area (Å²) in [4.78, 5) is 4.05. The highest BCUT2D eigenvalue weighted by molar-refractivity contribution is 7.20. The van der Waals surface area contributed by atoms with Crippen LogP contribution in [0.4, 0.5) is 5.69 Å². The number of allylic oxidation sites excluding steroid dienone is 2. The van der Waals surface area contributed by atoms with Crippen molar-refractivity contribution in [1.82, 2.24) is 0 Å². The Morgan fingerprint density at radius 1 is 0.592 bits per heavy atom. The van der Waals surface area contributed by atoms with E-state index in [1.165, 1.54) is 48.3 Å². The first-order valence-electron chi connectivity index (χ1n) is 17.1. The van der Waals surface area contributed by atoms with Crippen LogP contribution in [0.15, 0.2) is 162 Å². The van der Waals surface area contributed by atoms with Gasteiger partial charge in [-0.25, -0.2) is 0 Å². The molecule has 2 nitrogen and oxygen atoms in total. The SMILES string of the molecule is C1=Cc2sc3ccccc3c2C(N(c2ccccc2)C2C=CC(c3cc4c5cccc(-c6ccccc6)c5oc4c4ccccc34)=CC2)C1. The van der Waals surface area contributed by atoms with Crippen LogP contribution in [0.5, 0.6) is 0 Å². The van der Waals surface area contributed by atoms with Crippen molar-refractivity contribution in [2.24, 2.45) is 0 Å². The summed E-state index contributed by atoms with van der Waals surface area (Å²) in [6, 6.07) is 48.5. The van der Waals surface area contributed by atoms with E-state index in [4.69, 9.17) is 4.42 Å². The maximum absolute atomic E-state index is 6.76. The van der Waals surface area contributed by atoms with Crippen molar-refractivity contribution >= 4 is 71.5 Å². The fourth-order valence-corrected chi connectivity index (χ4v) is 9.34. The molecule has 0 spiro atoms. The van der Waals surface area contributed by atoms with Gasteiger partial charge in [-0.1, -0.05) is 133 Å². The van der Waals surface area contributed by atoms with Crippen LogP contribution < -0.4 is 4.90 Å². The molecule has 0 bridgehead atoms. The van der Waals surface area contributed by atoms with Crippen molar-refractivity contribution in [3.05, 3.63) is 174 Å². The van der Waals surface area contributed by atoms with Gasteiger partial charge in [-0.3, -0.25) is 0 Å². The lowest BCUT2D eigenvalue weighted by atomic mass is 9.88. The molecule has 2 atom stereocenters. The molecule has 3 heteroatoms. The summed E-state index contributed by atoms with van der Waals surface area (Å²) in [7, 11) is 0. The Morgan fingerprint density at radius 2 is 1.31 bits per heavy atom. The van der Waals surface area contributed by atoms with Crippen molar-refractivity contribution < 1.29 is 4.42 Å². The van der Waals surface area contributed by atoms with Crippen molar-refractivity contribution in [2.75, 3.05) is 4.90 Å². The lowest BCUT2D eigenvalue weighted by Gasteiger charge is -2.40. The monoisotopic (exact) mass is 647 g/mol. The highest BCUT2D eigenvalue weighted by Gasteiger charge is 2.32. The van der Waals surface area contributed by atoms with Gasteiger partial charge in [0, 0.05) is 42.6 Å². The highest BCUT2D eigenvalue weighted by atomic mass is 32.1. The standard InChI is InChI=1S/C46H33NOS/c1-3-13-30(14-4-1)34-20-11-21-37-40-29-39(35-17-7-8-18-36(35)46(40)48-45(34)37)31-25-27-33(28-26-31)47(32-15-5-2-6-16-32)41-22-12-24-43-44(41)38-19-9-10-23-42(38)49-43/h1-21,23-27,29,33,41H,22,28H2. The van der Waals surface area contributed by atoms with Crippen LogP contribution in [0.25, 0.3) is 65.6 Å². The third-order valence-corrected chi connectivity index (χ3v) is 11.5. The second-order valence-electron chi connectivity index (χ2n) is 13.1. The highest BCUT2D eigenvalue weighted by Crippen LogP contribution is 2.47. The molecule has 49 heavy (non-hydrogen) atoms. The van der Waals surface area contributed by atoms with Crippen LogP contribution in [-0.2, 0) is 0 Å². The first kappa shape index (κ1) is 28.4. The Bertz CT molecular complexity index is 2620. The number of hydrogen-bond donors (Lipinski definition) is 0. The van der Waals surface area contributed by atoms with Crippen LogP contribution in [0.3, 0.4) is 0 Å². The average Bonchev–Trinajstić information content (AvgIpc) is 3.75. The molecule has 0 saturated carbocycles. The number of hydrogen-bond acceptors (Lipinski definition) is 3. The lowest BCUT2D eigenvalue weighted by Crippen LogP contribution is -2.38. The minimum absolute atomic E-state index is 0.229. The number of para-hydroxylation sites is 2. The molecule has 234 valence electrons. The van der Waals surface area contributed by atoms with Crippen molar-refractivity contribution in [3.8, 4) is 11.1 Å². The number of rotatable bonds is 5. The van der Waals surface area contributed by atoms with Crippen LogP contribution in [0.2, 0.25) is 0 Å². The number of nitrogens with zero attached hydrogens (tertiary/aromatic N) is 1. The van der Waals surface area contributed by atoms with Gasteiger partial charge in [0.05, 0.1) is 12.1 Å². The van der Waals surface area contributed by atoms with E-state index in [-0.39, 0.29) is 12.1 Å². The summed E-state index contributed by atoms with van der Waals surface area (Å²) in [6.45, 7) is 0. The summed E-state index contributed by atoms with van der Waals surface area (Å²) < 4.78 is 8.13. The van der Waals surface area contributed by atoms with Crippen molar-refractivity contribution in [3.63, 3.8) is 0 Å². The van der Waals surface area contributed by atoms with Crippen molar-refractivity contribution in [1.29, 1.82) is 0 Å². The largest absolute Gasteiger partial charge is 0.455 e. The third-order valence-electron chi connectivity index (χ3n) is 10.3. The molecule has 0 N–H and O–H groups in total. The fraction of sp³-hybridized carbons (Fsp3) is 0.0870. The minimum atomic E-state index is 0.229. The predicted octanol–water partition coefficient (Wildman–Crippen LogP) is 13.0. The molecule has 0 aliphatic heterocycles. The Hall–Kier alpha value is -5.64. The van der Waals surface area contributed by atoms with Gasteiger partial charge in [-0.15, -0.1) is 11.3 Å². The van der Waals surface area contributed by atoms with Gasteiger partial charge < -0.3 is 9.32 Å². The molecule has 2 unspecified atom stereocenters. The number of fused-ring (bicyclic) bond motifs is 8. The molecule has 0 fully saturated rings. The first-order chi connectivity index (χ1) is 24.3. The molecule has 10 rings (SSSR count). The second kappa shape index (κ2) is 11.5. The van der Waals surface area contributed by atoms with Crippen LogP contribution in [-0.4, -0.2) is 6.04 Å². The molecular formula is C46H33NOS. The normalized spacial score (nSPS) is 17.2. The van der Waals surface area contributed by atoms with E-state index < -0.39 is 0 Å². The summed E-state index contributed by atoms with van der Waals surface area (Å²) in [5.41, 5.74) is 9.44. The second-order valence-corrected chi connectivity index (χ2v) is 14.2. The molecule has 2 heterocycles. The van der Waals surface area contributed by atoms with E-state index in [1.807, 2.05) is 11.3 Å². The zero-order chi connectivity index (χ0) is 32.3. The molecule has 2 aliphatic rings. The molecular weight excluding hydrogens is 615 g/mol. The van der Waals surface area contributed by atoms with Gasteiger partial charge >= 0.3 is 0 Å². The minimum Gasteiger partial charge on any atom is -0.455 e. The van der Waals surface area contributed by atoms with E-state index in [0.29, 0.717) is 0 Å². The molecule has 2 aromatic heterocycles. The zero-order valence-electron chi connectivity index (χ0n) is 26.9. The Kier molecular flexibility index (Phi) is 6.66. The van der Waals surface area contributed by atoms with Gasteiger partial charge in [0.15, 0.2) is 0 Å². The quantitative estimate of drug-likeness (QED) is 0.185. The summed E-state index contributed by atoms with van der Waals surface area (Å²) >= 11 is 1.91. The van der Waals surface area contributed by atoms with Crippen LogP contribution >= 0.6 is 11.3 Å². The van der Waals surface area contributed by atoms with E-state index in [1.54, 1.807) is 0 Å². The van der Waals surface area contributed by atoms with E-state index in [9.17, 15) is 0 Å². The summed E-state index contributed by atoms with van der Waals surface area (Å²) in [6.07, 6.45) is 13.9. The van der Waals surface area contributed by atoms with Crippen LogP contribution in [0, 0.1) is 0 Å². The van der Waals surface area contributed by atoms with Gasteiger partial charge in [0.25, 0.3) is 0 Å². The van der Waals surface area contributed by atoms with E-state index >= 15 is 0 Å². The van der Waals surface area contributed by atoms with Gasteiger partial charge in [0.2, 0.25) is 0 Å². The Balaban J connectivity index is 1.08. The fourth-order valence-electron chi connectivity index (χ4n) is 8.15. The topological polar surface area (TPSA) is 16.4 Å². The maximum atomic E-state index is 6.76. The third kappa shape index (κ3) is 4.61. The van der Waals surface area contributed by atoms with Crippen molar-refractivity contribution in [2.45, 2.75) is 24.9 Å². The number of furan rings is 1. The Labute approximate surface area is 289 Å². The molecule has 2 aliphatic carbocycles. The number of anilines is 1. The molecule has 6 aromatic carbocycles. The zero-order valence-corrected chi connectivity index (χ0v) is 27.7. The summed E-state index contributed by atoms with van der Waals surface area (Å²) in [5.74, 6) is 0. The number of thiophene rings is 1. The van der Waals surface area contributed by atoms with Gasteiger partial charge in [0.1, 0.15) is 11.2 Å². The molecule has 8 aromatic rings. The van der Waals surface area contributed by atoms with E-state index in [2.05, 4.69) is 169 Å². The number of benzene rings is 6. The predicted molar refractivity (Wildman–Crippen MR) is 209 cm³/mol. The summed E-state index contributed by atoms with van der Waals surface area (Å²) in [5, 5.41) is 6.07. The average molecular weight is 648 g/mol. The van der Waals surface area contributed by atoms with Gasteiger partial charge in [-0.2, -0.15) is 0 Å². The first-order valence-corrected chi connectivity index (χ1v) is 18.0. The molecule has 0 amide bonds. The molecule has 0 radical (unpaired) electrons. The lowest BCUT2D eigenvalue weighted by molar-refractivity contribution is 0.572. The van der Waals surface area contributed by atoms with Gasteiger partial charge in [-0.05, 0) is 70.7 Å². The van der Waals surface area contributed by atoms with E-state index in [0.717, 1.165) is 45.7 Å². The molecule has 0 saturated heterocycles. The smallest absolute Gasteiger partial charge is 0.143 e. The maximum Gasteiger partial charge on any atom is 0.143 e.